The number of pyridine rings is 1. The number of ketones is 1. The van der Waals surface area contributed by atoms with Gasteiger partial charge < -0.3 is 14.9 Å². The summed E-state index contributed by atoms with van der Waals surface area (Å²) in [5.41, 5.74) is 1.42. The molecule has 1 amide bonds. The highest BCUT2D eigenvalue weighted by Crippen LogP contribution is 2.29. The Labute approximate surface area is 181 Å². The number of aromatic hydroxyl groups is 1. The quantitative estimate of drug-likeness (QED) is 0.451. The molecule has 0 fully saturated rings. The Morgan fingerprint density at radius 2 is 1.94 bits per heavy atom. The molecule has 0 saturated heterocycles. The van der Waals surface area contributed by atoms with Crippen molar-refractivity contribution in [2.45, 2.75) is 26.9 Å². The molecule has 3 N–H and O–H groups in total. The fourth-order valence-electron chi connectivity index (χ4n) is 2.74. The number of aryl methyl sites for hydroxylation is 1. The summed E-state index contributed by atoms with van der Waals surface area (Å²) in [5, 5.41) is 23.0. The third-order valence-electron chi connectivity index (χ3n) is 4.30. The van der Waals surface area contributed by atoms with Gasteiger partial charge in [0, 0.05) is 11.4 Å². The fourth-order valence-corrected chi connectivity index (χ4v) is 3.41. The Hall–Kier alpha value is -3.79. The van der Waals surface area contributed by atoms with Crippen LogP contribution in [0.5, 0.6) is 11.5 Å². The minimum Gasteiger partial charge on any atom is -0.507 e. The number of aromatic carboxylic acids is 1. The van der Waals surface area contributed by atoms with E-state index >= 15 is 0 Å². The van der Waals surface area contributed by atoms with E-state index in [0.717, 1.165) is 16.9 Å². The van der Waals surface area contributed by atoms with Gasteiger partial charge in [-0.25, -0.2) is 14.8 Å². The molecule has 2 aromatic heterocycles. The van der Waals surface area contributed by atoms with E-state index in [1.165, 1.54) is 24.4 Å². The number of amides is 1. The number of phenolic OH excluding ortho intramolecular Hbond substituents is 1. The number of nitrogens with zero attached hydrogens (tertiary/aromatic N) is 2. The number of nitrogens with one attached hydrogen (secondary N) is 1. The van der Waals surface area contributed by atoms with Crippen molar-refractivity contribution < 1.29 is 29.3 Å². The van der Waals surface area contributed by atoms with Gasteiger partial charge in [-0.05, 0) is 37.1 Å². The van der Waals surface area contributed by atoms with Crippen molar-refractivity contribution >= 4 is 34.1 Å². The van der Waals surface area contributed by atoms with Gasteiger partial charge in [-0.1, -0.05) is 13.0 Å². The van der Waals surface area contributed by atoms with E-state index in [-0.39, 0.29) is 40.2 Å². The molecular formula is C21H19N3O6S. The van der Waals surface area contributed by atoms with E-state index in [0.29, 0.717) is 17.9 Å². The summed E-state index contributed by atoms with van der Waals surface area (Å²) < 4.78 is 5.77. The number of carbonyl (C=O) groups excluding carboxylic acids is 2. The number of hydrogen-bond donors (Lipinski definition) is 3. The summed E-state index contributed by atoms with van der Waals surface area (Å²) in [6.07, 6.45) is 0.595. The van der Waals surface area contributed by atoms with Gasteiger partial charge in [-0.2, -0.15) is 0 Å². The van der Waals surface area contributed by atoms with Gasteiger partial charge in [0.2, 0.25) is 0 Å². The maximum Gasteiger partial charge on any atom is 0.355 e. The molecule has 0 bridgehead atoms. The molecule has 0 aliphatic heterocycles. The number of thiazole rings is 1. The Bertz CT molecular complexity index is 1160. The number of carbonyl (C=O) groups is 3. The van der Waals surface area contributed by atoms with Gasteiger partial charge in [0.05, 0.1) is 11.3 Å². The molecule has 31 heavy (non-hydrogen) atoms. The molecule has 9 nitrogen and oxygen atoms in total. The average Bonchev–Trinajstić information content (AvgIpc) is 3.21. The molecule has 10 heteroatoms. The van der Waals surface area contributed by atoms with Crippen molar-refractivity contribution in [3.05, 3.63) is 63.9 Å². The van der Waals surface area contributed by atoms with E-state index in [4.69, 9.17) is 9.84 Å². The van der Waals surface area contributed by atoms with Crippen molar-refractivity contribution in [3.8, 4) is 11.5 Å². The second-order valence-corrected chi connectivity index (χ2v) is 7.34. The average molecular weight is 441 g/mol. The molecule has 0 saturated carbocycles. The Balaban J connectivity index is 1.72. The molecule has 0 aliphatic rings. The maximum absolute atomic E-state index is 12.4. The second kappa shape index (κ2) is 9.35. The highest BCUT2D eigenvalue weighted by molar-refractivity contribution is 7.14. The normalized spacial score (nSPS) is 10.5. The highest BCUT2D eigenvalue weighted by atomic mass is 32.1. The van der Waals surface area contributed by atoms with Gasteiger partial charge in [-0.3, -0.25) is 14.9 Å². The SMILES string of the molecule is CCc1cc(C(C)=O)c(O)cc1OCc1cccc(C(=O)Nc2nc(C(=O)O)cs2)n1. The van der Waals surface area contributed by atoms with Crippen molar-refractivity contribution in [2.75, 3.05) is 5.32 Å². The zero-order valence-corrected chi connectivity index (χ0v) is 17.5. The molecule has 0 aliphatic carbocycles. The number of carboxylic acids is 1. The van der Waals surface area contributed by atoms with Crippen LogP contribution >= 0.6 is 11.3 Å². The summed E-state index contributed by atoms with van der Waals surface area (Å²) in [6, 6.07) is 7.83. The first-order valence-corrected chi connectivity index (χ1v) is 10.1. The van der Waals surface area contributed by atoms with Crippen LogP contribution in [0.1, 0.15) is 56.4 Å². The standard InChI is InChI=1S/C21H19N3O6S/c1-3-12-7-14(11(2)25)17(26)8-18(12)30-9-13-5-4-6-15(22-13)19(27)24-21-23-16(10-31-21)20(28)29/h4-8,10,26H,3,9H2,1-2H3,(H,28,29)(H,23,24,27). The van der Waals surface area contributed by atoms with Gasteiger partial charge in [0.1, 0.15) is 23.8 Å². The number of carboxylic acid groups (broad SMARTS) is 1. The van der Waals surface area contributed by atoms with Crippen molar-refractivity contribution in [2.24, 2.45) is 0 Å². The summed E-state index contributed by atoms with van der Waals surface area (Å²) >= 11 is 0.997. The number of aromatic nitrogens is 2. The van der Waals surface area contributed by atoms with Crippen molar-refractivity contribution in [1.29, 1.82) is 0 Å². The van der Waals surface area contributed by atoms with Crippen LogP contribution in [-0.2, 0) is 13.0 Å². The number of hydrogen-bond acceptors (Lipinski definition) is 8. The second-order valence-electron chi connectivity index (χ2n) is 6.49. The molecule has 3 rings (SSSR count). The number of benzene rings is 1. The lowest BCUT2D eigenvalue weighted by molar-refractivity contribution is 0.0690. The molecule has 0 spiro atoms. The number of ether oxygens (including phenoxy) is 1. The lowest BCUT2D eigenvalue weighted by Gasteiger charge is -2.13. The van der Waals surface area contributed by atoms with E-state index in [1.807, 2.05) is 6.92 Å². The smallest absolute Gasteiger partial charge is 0.355 e. The predicted octanol–water partition coefficient (Wildman–Crippen LogP) is 3.54. The minimum atomic E-state index is -1.18. The van der Waals surface area contributed by atoms with Crippen LogP contribution in [0.2, 0.25) is 0 Å². The van der Waals surface area contributed by atoms with E-state index in [2.05, 4.69) is 15.3 Å². The Kier molecular flexibility index (Phi) is 6.61. The highest BCUT2D eigenvalue weighted by Gasteiger charge is 2.15. The Morgan fingerprint density at radius 1 is 1.16 bits per heavy atom. The summed E-state index contributed by atoms with van der Waals surface area (Å²) in [7, 11) is 0. The first kappa shape index (κ1) is 21.9. The van der Waals surface area contributed by atoms with Crippen LogP contribution in [0.25, 0.3) is 0 Å². The molecule has 2 heterocycles. The van der Waals surface area contributed by atoms with Crippen LogP contribution in [0.3, 0.4) is 0 Å². The van der Waals surface area contributed by atoms with E-state index < -0.39 is 11.9 Å². The molecule has 0 radical (unpaired) electrons. The van der Waals surface area contributed by atoms with Crippen LogP contribution in [0.4, 0.5) is 5.13 Å². The number of anilines is 1. The molecule has 0 unspecified atom stereocenters. The molecule has 1 aromatic carbocycles. The van der Waals surface area contributed by atoms with Gasteiger partial charge in [-0.15, -0.1) is 11.3 Å². The van der Waals surface area contributed by atoms with Gasteiger partial charge in [0.25, 0.3) is 5.91 Å². The minimum absolute atomic E-state index is 0.0351. The van der Waals surface area contributed by atoms with Crippen molar-refractivity contribution in [1.82, 2.24) is 9.97 Å². The Morgan fingerprint density at radius 3 is 2.58 bits per heavy atom. The first-order chi connectivity index (χ1) is 14.8. The van der Waals surface area contributed by atoms with Crippen LogP contribution in [-0.4, -0.2) is 37.8 Å². The number of Topliss-reactive ketones (excluding diaryl/α,β-unsaturated/α-hetero) is 1. The predicted molar refractivity (Wildman–Crippen MR) is 113 cm³/mol. The number of phenols is 1. The zero-order valence-electron chi connectivity index (χ0n) is 16.7. The monoisotopic (exact) mass is 441 g/mol. The lowest BCUT2D eigenvalue weighted by Crippen LogP contribution is -2.15. The molecule has 3 aromatic rings. The summed E-state index contributed by atoms with van der Waals surface area (Å²) in [4.78, 5) is 43.0. The summed E-state index contributed by atoms with van der Waals surface area (Å²) in [5.74, 6) is -1.70. The lowest BCUT2D eigenvalue weighted by atomic mass is 10.0. The van der Waals surface area contributed by atoms with Gasteiger partial charge >= 0.3 is 5.97 Å². The summed E-state index contributed by atoms with van der Waals surface area (Å²) in [6.45, 7) is 3.32. The first-order valence-electron chi connectivity index (χ1n) is 9.24. The largest absolute Gasteiger partial charge is 0.507 e. The third-order valence-corrected chi connectivity index (χ3v) is 5.06. The van der Waals surface area contributed by atoms with Gasteiger partial charge in [0.15, 0.2) is 16.6 Å². The van der Waals surface area contributed by atoms with Crippen LogP contribution in [0.15, 0.2) is 35.7 Å². The molecule has 160 valence electrons. The third kappa shape index (κ3) is 5.23. The van der Waals surface area contributed by atoms with E-state index in [1.54, 1.807) is 18.2 Å². The number of rotatable bonds is 8. The fraction of sp³-hybridized carbons (Fsp3) is 0.190. The van der Waals surface area contributed by atoms with E-state index in [9.17, 15) is 19.5 Å². The van der Waals surface area contributed by atoms with Crippen LogP contribution in [0, 0.1) is 0 Å². The topological polar surface area (TPSA) is 139 Å². The molecular weight excluding hydrogens is 422 g/mol. The van der Waals surface area contributed by atoms with Crippen LogP contribution < -0.4 is 10.1 Å². The maximum atomic E-state index is 12.4. The zero-order chi connectivity index (χ0) is 22.5. The molecule has 0 atom stereocenters. The van der Waals surface area contributed by atoms with Crippen molar-refractivity contribution in [3.63, 3.8) is 0 Å².